The minimum atomic E-state index is 0.453. The van der Waals surface area contributed by atoms with Gasteiger partial charge in [-0.1, -0.05) is 24.9 Å². The SMILES string of the molecule is CC1CCC(Cn2c(CCl)nc3cc(Cl)ccc32)C1. The Morgan fingerprint density at radius 1 is 1.37 bits per heavy atom. The third-order valence-electron chi connectivity index (χ3n) is 4.15. The summed E-state index contributed by atoms with van der Waals surface area (Å²) in [6, 6.07) is 5.90. The first-order valence-electron chi connectivity index (χ1n) is 6.88. The lowest BCUT2D eigenvalue weighted by atomic mass is 10.1. The van der Waals surface area contributed by atoms with Crippen molar-refractivity contribution in [1.29, 1.82) is 0 Å². The summed E-state index contributed by atoms with van der Waals surface area (Å²) in [5.41, 5.74) is 2.11. The quantitative estimate of drug-likeness (QED) is 0.739. The third-order valence-corrected chi connectivity index (χ3v) is 4.63. The van der Waals surface area contributed by atoms with Gasteiger partial charge in [0.2, 0.25) is 0 Å². The molecule has 2 aromatic rings. The number of hydrogen-bond donors (Lipinski definition) is 0. The summed E-state index contributed by atoms with van der Waals surface area (Å²) in [4.78, 5) is 4.60. The second-order valence-electron chi connectivity index (χ2n) is 5.69. The molecule has 1 aromatic carbocycles. The van der Waals surface area contributed by atoms with Crippen LogP contribution >= 0.6 is 23.2 Å². The Balaban J connectivity index is 1.96. The molecule has 4 heteroatoms. The molecule has 1 aromatic heterocycles. The van der Waals surface area contributed by atoms with Gasteiger partial charge in [-0.3, -0.25) is 0 Å². The van der Waals surface area contributed by atoms with Crippen molar-refractivity contribution in [2.75, 3.05) is 0 Å². The number of halogens is 2. The highest BCUT2D eigenvalue weighted by molar-refractivity contribution is 6.31. The van der Waals surface area contributed by atoms with Crippen LogP contribution in [0.1, 0.15) is 32.0 Å². The van der Waals surface area contributed by atoms with Gasteiger partial charge < -0.3 is 4.57 Å². The van der Waals surface area contributed by atoms with Crippen molar-refractivity contribution in [3.8, 4) is 0 Å². The van der Waals surface area contributed by atoms with Crippen LogP contribution in [0.3, 0.4) is 0 Å². The molecular formula is C15H18Cl2N2. The van der Waals surface area contributed by atoms with E-state index in [2.05, 4.69) is 22.5 Å². The highest BCUT2D eigenvalue weighted by Gasteiger charge is 2.23. The van der Waals surface area contributed by atoms with Crippen LogP contribution in [0.5, 0.6) is 0 Å². The second kappa shape index (κ2) is 5.34. The zero-order valence-corrected chi connectivity index (χ0v) is 12.6. The Morgan fingerprint density at radius 2 is 2.21 bits per heavy atom. The molecular weight excluding hydrogens is 279 g/mol. The maximum Gasteiger partial charge on any atom is 0.124 e. The van der Waals surface area contributed by atoms with E-state index >= 15 is 0 Å². The number of nitrogens with zero attached hydrogens (tertiary/aromatic N) is 2. The molecule has 0 saturated heterocycles. The molecule has 0 N–H and O–H groups in total. The molecule has 1 aliphatic rings. The molecule has 0 spiro atoms. The van der Waals surface area contributed by atoms with Gasteiger partial charge in [-0.25, -0.2) is 4.98 Å². The molecule has 102 valence electrons. The van der Waals surface area contributed by atoms with Gasteiger partial charge in [0, 0.05) is 11.6 Å². The van der Waals surface area contributed by atoms with E-state index in [4.69, 9.17) is 23.2 Å². The van der Waals surface area contributed by atoms with Crippen molar-refractivity contribution >= 4 is 34.2 Å². The zero-order chi connectivity index (χ0) is 13.4. The second-order valence-corrected chi connectivity index (χ2v) is 6.39. The minimum absolute atomic E-state index is 0.453. The van der Waals surface area contributed by atoms with E-state index in [0.717, 1.165) is 40.3 Å². The van der Waals surface area contributed by atoms with E-state index in [1.165, 1.54) is 19.3 Å². The topological polar surface area (TPSA) is 17.8 Å². The highest BCUT2D eigenvalue weighted by Crippen LogP contribution is 2.33. The van der Waals surface area contributed by atoms with Gasteiger partial charge in [0.05, 0.1) is 16.9 Å². The predicted octanol–water partition coefficient (Wildman–Crippen LogP) is 4.86. The van der Waals surface area contributed by atoms with Crippen molar-refractivity contribution in [3.05, 3.63) is 29.0 Å². The van der Waals surface area contributed by atoms with Crippen LogP contribution in [0.4, 0.5) is 0 Å². The first kappa shape index (κ1) is 13.3. The number of aromatic nitrogens is 2. The number of benzene rings is 1. The van der Waals surface area contributed by atoms with E-state index < -0.39 is 0 Å². The molecule has 1 saturated carbocycles. The number of fused-ring (bicyclic) bond motifs is 1. The van der Waals surface area contributed by atoms with Crippen molar-refractivity contribution in [1.82, 2.24) is 9.55 Å². The van der Waals surface area contributed by atoms with Crippen LogP contribution in [0.25, 0.3) is 11.0 Å². The number of hydrogen-bond acceptors (Lipinski definition) is 1. The van der Waals surface area contributed by atoms with Crippen LogP contribution in [-0.4, -0.2) is 9.55 Å². The van der Waals surface area contributed by atoms with Crippen molar-refractivity contribution in [2.45, 2.75) is 38.6 Å². The monoisotopic (exact) mass is 296 g/mol. The standard InChI is InChI=1S/C15H18Cl2N2/c1-10-2-3-11(6-10)9-19-14-5-4-12(17)7-13(14)18-15(19)8-16/h4-5,7,10-11H,2-3,6,8-9H2,1H3. The molecule has 0 amide bonds. The lowest BCUT2D eigenvalue weighted by Gasteiger charge is -2.13. The van der Waals surface area contributed by atoms with Crippen molar-refractivity contribution in [2.24, 2.45) is 11.8 Å². The van der Waals surface area contributed by atoms with Gasteiger partial charge >= 0.3 is 0 Å². The van der Waals surface area contributed by atoms with Crippen LogP contribution in [0.2, 0.25) is 5.02 Å². The van der Waals surface area contributed by atoms with Crippen LogP contribution in [0.15, 0.2) is 18.2 Å². The summed E-state index contributed by atoms with van der Waals surface area (Å²) < 4.78 is 2.28. The largest absolute Gasteiger partial charge is 0.327 e. The summed E-state index contributed by atoms with van der Waals surface area (Å²) in [5, 5.41) is 0.729. The zero-order valence-electron chi connectivity index (χ0n) is 11.1. The van der Waals surface area contributed by atoms with Crippen molar-refractivity contribution in [3.63, 3.8) is 0 Å². The molecule has 2 nitrogen and oxygen atoms in total. The molecule has 1 fully saturated rings. The lowest BCUT2D eigenvalue weighted by Crippen LogP contribution is -2.10. The van der Waals surface area contributed by atoms with Crippen LogP contribution in [-0.2, 0) is 12.4 Å². The normalized spacial score (nSPS) is 23.3. The number of imidazole rings is 1. The van der Waals surface area contributed by atoms with E-state index in [9.17, 15) is 0 Å². The fourth-order valence-corrected chi connectivity index (χ4v) is 3.58. The van der Waals surface area contributed by atoms with Gasteiger partial charge in [0.1, 0.15) is 5.82 Å². The minimum Gasteiger partial charge on any atom is -0.327 e. The molecule has 0 aliphatic heterocycles. The molecule has 0 radical (unpaired) electrons. The summed E-state index contributed by atoms with van der Waals surface area (Å²) in [7, 11) is 0. The summed E-state index contributed by atoms with van der Waals surface area (Å²) in [6.45, 7) is 3.37. The highest BCUT2D eigenvalue weighted by atomic mass is 35.5. The number of alkyl halides is 1. The maximum absolute atomic E-state index is 6.04. The fraction of sp³-hybridized carbons (Fsp3) is 0.533. The fourth-order valence-electron chi connectivity index (χ4n) is 3.21. The van der Waals surface area contributed by atoms with Gasteiger partial charge in [-0.15, -0.1) is 11.6 Å². The summed E-state index contributed by atoms with van der Waals surface area (Å²) in [5.74, 6) is 3.02. The van der Waals surface area contributed by atoms with Crippen LogP contribution in [0, 0.1) is 11.8 Å². The Hall–Kier alpha value is -0.730. The molecule has 2 unspecified atom stereocenters. The number of rotatable bonds is 3. The van der Waals surface area contributed by atoms with E-state index in [0.29, 0.717) is 5.88 Å². The summed E-state index contributed by atoms with van der Waals surface area (Å²) >= 11 is 12.1. The smallest absolute Gasteiger partial charge is 0.124 e. The molecule has 1 aliphatic carbocycles. The summed E-state index contributed by atoms with van der Waals surface area (Å²) in [6.07, 6.45) is 3.98. The van der Waals surface area contributed by atoms with Crippen LogP contribution < -0.4 is 0 Å². The Morgan fingerprint density at radius 3 is 2.89 bits per heavy atom. The van der Waals surface area contributed by atoms with Gasteiger partial charge in [0.25, 0.3) is 0 Å². The molecule has 3 rings (SSSR count). The molecule has 0 bridgehead atoms. The maximum atomic E-state index is 6.04. The first-order chi connectivity index (χ1) is 9.17. The van der Waals surface area contributed by atoms with Crippen molar-refractivity contribution < 1.29 is 0 Å². The Bertz CT molecular complexity index is 591. The average Bonchev–Trinajstić information content (AvgIpc) is 2.94. The predicted molar refractivity (Wildman–Crippen MR) is 80.8 cm³/mol. The van der Waals surface area contributed by atoms with Gasteiger partial charge in [-0.2, -0.15) is 0 Å². The third kappa shape index (κ3) is 2.61. The van der Waals surface area contributed by atoms with E-state index in [-0.39, 0.29) is 0 Å². The molecule has 1 heterocycles. The molecule has 19 heavy (non-hydrogen) atoms. The first-order valence-corrected chi connectivity index (χ1v) is 7.79. The van der Waals surface area contributed by atoms with E-state index in [1.807, 2.05) is 12.1 Å². The van der Waals surface area contributed by atoms with E-state index in [1.54, 1.807) is 0 Å². The molecule has 2 atom stereocenters. The van der Waals surface area contributed by atoms with Gasteiger partial charge in [0.15, 0.2) is 0 Å². The lowest BCUT2D eigenvalue weighted by molar-refractivity contribution is 0.441. The van der Waals surface area contributed by atoms with Gasteiger partial charge in [-0.05, 0) is 42.9 Å². The average molecular weight is 297 g/mol. The Kier molecular flexibility index (Phi) is 3.72. The Labute approximate surface area is 123 Å².